The van der Waals surface area contributed by atoms with Crippen LogP contribution < -0.4 is 5.56 Å². The lowest BCUT2D eigenvalue weighted by Gasteiger charge is -2.39. The van der Waals surface area contributed by atoms with Gasteiger partial charge in [0.1, 0.15) is 11.8 Å². The smallest absolute Gasteiger partial charge is 0.250 e. The van der Waals surface area contributed by atoms with Crippen molar-refractivity contribution in [2.75, 3.05) is 19.7 Å². The molecule has 0 radical (unpaired) electrons. The van der Waals surface area contributed by atoms with Crippen molar-refractivity contribution >= 4 is 5.71 Å². The van der Waals surface area contributed by atoms with Crippen molar-refractivity contribution < 1.29 is 18.4 Å². The van der Waals surface area contributed by atoms with Crippen LogP contribution in [0.3, 0.4) is 0 Å². The Morgan fingerprint density at radius 2 is 2.03 bits per heavy atom. The third kappa shape index (κ3) is 5.01. The normalized spacial score (nSPS) is 17.0. The van der Waals surface area contributed by atoms with E-state index < -0.39 is 17.2 Å². The van der Waals surface area contributed by atoms with Crippen molar-refractivity contribution in [2.24, 2.45) is 12.2 Å². The lowest BCUT2D eigenvalue weighted by molar-refractivity contribution is -0.0799. The summed E-state index contributed by atoms with van der Waals surface area (Å²) in [6, 6.07) is 10.6. The molecule has 8 nitrogen and oxygen atoms in total. The van der Waals surface area contributed by atoms with Crippen LogP contribution >= 0.6 is 0 Å². The first-order valence-corrected chi connectivity index (χ1v) is 11.9. The molecule has 3 aromatic rings. The van der Waals surface area contributed by atoms with Gasteiger partial charge in [-0.1, -0.05) is 11.2 Å². The Morgan fingerprint density at radius 1 is 1.22 bits per heavy atom. The number of nitrogens with zero attached hydrogens (tertiary/aromatic N) is 5. The Morgan fingerprint density at radius 3 is 2.73 bits per heavy atom. The molecule has 0 saturated carbocycles. The number of benzene rings is 1. The van der Waals surface area contributed by atoms with Crippen molar-refractivity contribution in [3.63, 3.8) is 0 Å². The van der Waals surface area contributed by atoms with E-state index in [0.29, 0.717) is 18.8 Å². The summed E-state index contributed by atoms with van der Waals surface area (Å²) >= 11 is 0. The molecule has 190 valence electrons. The second-order valence-electron chi connectivity index (χ2n) is 9.27. The molecule has 10 heteroatoms. The summed E-state index contributed by atoms with van der Waals surface area (Å²) in [7, 11) is 1.75. The average molecular weight is 506 g/mol. The van der Waals surface area contributed by atoms with Gasteiger partial charge in [-0.2, -0.15) is 5.26 Å². The largest absolute Gasteiger partial charge is 0.380 e. The first kappa shape index (κ1) is 24.7. The molecule has 4 heterocycles. The molecule has 0 aliphatic carbocycles. The Balaban J connectivity index is 1.28. The molecule has 2 aliphatic rings. The van der Waals surface area contributed by atoms with E-state index >= 15 is 0 Å². The summed E-state index contributed by atoms with van der Waals surface area (Å²) in [5.41, 5.74) is 3.53. The van der Waals surface area contributed by atoms with Crippen LogP contribution in [0.15, 0.2) is 58.7 Å². The van der Waals surface area contributed by atoms with Crippen LogP contribution in [0.1, 0.15) is 40.8 Å². The van der Waals surface area contributed by atoms with Crippen LogP contribution in [0, 0.1) is 23.0 Å². The molecule has 1 saturated heterocycles. The van der Waals surface area contributed by atoms with Gasteiger partial charge in [0.2, 0.25) is 6.61 Å². The SMILES string of the molecule is Cn1cc2c(cc1=O)C1(CCN(Cc3ccc(C(=NOCC#N)c4ccc(F)c(F)c4)nc3)CC1)OC2. The van der Waals surface area contributed by atoms with Crippen molar-refractivity contribution in [3.8, 4) is 6.07 Å². The highest BCUT2D eigenvalue weighted by Crippen LogP contribution is 2.43. The highest BCUT2D eigenvalue weighted by atomic mass is 19.2. The number of fused-ring (bicyclic) bond motifs is 2. The zero-order valence-corrected chi connectivity index (χ0v) is 20.3. The fourth-order valence-electron chi connectivity index (χ4n) is 4.94. The molecule has 0 amide bonds. The zero-order chi connectivity index (χ0) is 26.0. The van der Waals surface area contributed by atoms with Gasteiger partial charge in [0.05, 0.1) is 17.9 Å². The number of ether oxygens (including phenoxy) is 1. The number of halogens is 2. The maximum atomic E-state index is 13.8. The molecule has 0 N–H and O–H groups in total. The minimum Gasteiger partial charge on any atom is -0.380 e. The fraction of sp³-hybridized carbons (Fsp3) is 0.333. The lowest BCUT2D eigenvalue weighted by Crippen LogP contribution is -2.42. The molecule has 1 aromatic carbocycles. The van der Waals surface area contributed by atoms with Crippen LogP contribution in [-0.4, -0.2) is 39.9 Å². The van der Waals surface area contributed by atoms with Gasteiger partial charge in [-0.05, 0) is 48.2 Å². The van der Waals surface area contributed by atoms with Gasteiger partial charge in [0, 0.05) is 56.3 Å². The van der Waals surface area contributed by atoms with Crippen LogP contribution in [0.2, 0.25) is 0 Å². The first-order chi connectivity index (χ1) is 17.9. The van der Waals surface area contributed by atoms with Gasteiger partial charge in [-0.3, -0.25) is 14.7 Å². The molecule has 0 bridgehead atoms. The Hall–Kier alpha value is -3.94. The monoisotopic (exact) mass is 505 g/mol. The number of pyridine rings is 2. The Kier molecular flexibility index (Phi) is 6.82. The molecule has 37 heavy (non-hydrogen) atoms. The average Bonchev–Trinajstić information content (AvgIpc) is 3.22. The van der Waals surface area contributed by atoms with Crippen molar-refractivity contribution in [1.82, 2.24) is 14.5 Å². The van der Waals surface area contributed by atoms with Crippen LogP contribution in [0.25, 0.3) is 0 Å². The molecule has 2 aliphatic heterocycles. The van der Waals surface area contributed by atoms with Crippen molar-refractivity contribution in [1.29, 1.82) is 5.26 Å². The van der Waals surface area contributed by atoms with Gasteiger partial charge in [0.15, 0.2) is 11.6 Å². The van der Waals surface area contributed by atoms with Crippen molar-refractivity contribution in [2.45, 2.75) is 31.6 Å². The highest BCUT2D eigenvalue weighted by molar-refractivity contribution is 6.11. The van der Waals surface area contributed by atoms with Crippen LogP contribution in [0.5, 0.6) is 0 Å². The molecule has 0 unspecified atom stereocenters. The molecular weight excluding hydrogens is 480 g/mol. The zero-order valence-electron chi connectivity index (χ0n) is 20.3. The minimum absolute atomic E-state index is 0.0264. The third-order valence-corrected chi connectivity index (χ3v) is 6.92. The lowest BCUT2D eigenvalue weighted by atomic mass is 9.84. The predicted molar refractivity (Wildman–Crippen MR) is 130 cm³/mol. The molecule has 2 aromatic heterocycles. The molecular formula is C27H25F2N5O3. The van der Waals surface area contributed by atoms with E-state index in [9.17, 15) is 13.6 Å². The summed E-state index contributed by atoms with van der Waals surface area (Å²) in [4.78, 5) is 24.0. The number of rotatable bonds is 6. The maximum absolute atomic E-state index is 13.8. The third-order valence-electron chi connectivity index (χ3n) is 6.92. The summed E-state index contributed by atoms with van der Waals surface area (Å²) in [5.74, 6) is -1.99. The predicted octanol–water partition coefficient (Wildman–Crippen LogP) is 3.37. The maximum Gasteiger partial charge on any atom is 0.250 e. The Bertz CT molecular complexity index is 1440. The Labute approximate surface area is 212 Å². The number of piperidine rings is 1. The van der Waals surface area contributed by atoms with E-state index in [1.807, 2.05) is 18.3 Å². The number of hydrogen-bond acceptors (Lipinski definition) is 7. The number of oxime groups is 1. The number of aryl methyl sites for hydroxylation is 1. The van der Waals surface area contributed by atoms with Gasteiger partial charge >= 0.3 is 0 Å². The minimum atomic E-state index is -1.01. The summed E-state index contributed by atoms with van der Waals surface area (Å²) in [6.07, 6.45) is 5.17. The summed E-state index contributed by atoms with van der Waals surface area (Å²) in [5, 5.41) is 12.7. The number of likely N-dealkylation sites (tertiary alicyclic amines) is 1. The van der Waals surface area contributed by atoms with Crippen molar-refractivity contribution in [3.05, 3.63) is 98.7 Å². The van der Waals surface area contributed by atoms with Crippen LogP contribution in [0.4, 0.5) is 8.78 Å². The highest BCUT2D eigenvalue weighted by Gasteiger charge is 2.43. The topological polar surface area (TPSA) is 92.7 Å². The number of aromatic nitrogens is 2. The van der Waals surface area contributed by atoms with Gasteiger partial charge in [-0.15, -0.1) is 0 Å². The molecule has 1 spiro atoms. The van der Waals surface area contributed by atoms with E-state index in [0.717, 1.165) is 54.8 Å². The van der Waals surface area contributed by atoms with E-state index in [2.05, 4.69) is 15.0 Å². The number of hydrogen-bond donors (Lipinski definition) is 0. The number of nitriles is 1. The van der Waals surface area contributed by atoms with Crippen LogP contribution in [-0.2, 0) is 35.4 Å². The standard InChI is InChI=1S/C27H25F2N5O3/c1-33-16-20-17-36-27(21(20)13-25(33)35)6-9-34(10-7-27)15-18-2-5-24(31-14-18)26(32-37-11-8-30)19-3-4-22(28)23(29)12-19/h2-5,12-14,16H,6-7,9-11,15,17H2,1H3. The molecule has 5 rings (SSSR count). The first-order valence-electron chi connectivity index (χ1n) is 11.9. The second-order valence-corrected chi connectivity index (χ2v) is 9.27. The van der Waals surface area contributed by atoms with Gasteiger partial charge in [0.25, 0.3) is 5.56 Å². The van der Waals surface area contributed by atoms with Gasteiger partial charge in [-0.25, -0.2) is 8.78 Å². The molecule has 1 fully saturated rings. The van der Waals surface area contributed by atoms with E-state index in [1.54, 1.807) is 29.9 Å². The van der Waals surface area contributed by atoms with Gasteiger partial charge < -0.3 is 14.1 Å². The van der Waals surface area contributed by atoms with E-state index in [1.165, 1.54) is 6.07 Å². The van der Waals surface area contributed by atoms with E-state index in [4.69, 9.17) is 14.8 Å². The van der Waals surface area contributed by atoms with E-state index in [-0.39, 0.29) is 23.4 Å². The fourth-order valence-corrected chi connectivity index (χ4v) is 4.94. The second kappa shape index (κ2) is 10.2. The quantitative estimate of drug-likeness (QED) is 0.290. The summed E-state index contributed by atoms with van der Waals surface area (Å²) < 4.78 is 35.0. The molecule has 0 atom stereocenters. The summed E-state index contributed by atoms with van der Waals surface area (Å²) in [6.45, 7) is 2.52.